The van der Waals surface area contributed by atoms with Crippen molar-refractivity contribution in [3.63, 3.8) is 0 Å². The Morgan fingerprint density at radius 3 is 2.62 bits per heavy atom. The lowest BCUT2D eigenvalue weighted by atomic mass is 10.0. The lowest BCUT2D eigenvalue weighted by Crippen LogP contribution is -2.58. The van der Waals surface area contributed by atoms with E-state index in [1.807, 2.05) is 0 Å². The zero-order valence-corrected chi connectivity index (χ0v) is 10.9. The minimum absolute atomic E-state index is 0.808. The largest absolute Gasteiger partial charge is 0.314 e. The van der Waals surface area contributed by atoms with Crippen LogP contribution in [0.15, 0.2) is 0 Å². The summed E-state index contributed by atoms with van der Waals surface area (Å²) in [7, 11) is 2.33. The third-order valence-electron chi connectivity index (χ3n) is 4.24. The summed E-state index contributed by atoms with van der Waals surface area (Å²) in [5, 5.41) is 3.37. The van der Waals surface area contributed by atoms with Crippen molar-refractivity contribution < 1.29 is 0 Å². The minimum Gasteiger partial charge on any atom is -0.314 e. The van der Waals surface area contributed by atoms with Crippen LogP contribution in [0.2, 0.25) is 0 Å². The summed E-state index contributed by atoms with van der Waals surface area (Å²) >= 11 is 0. The molecule has 0 aromatic heterocycles. The van der Waals surface area contributed by atoms with Gasteiger partial charge in [0.2, 0.25) is 0 Å². The van der Waals surface area contributed by atoms with E-state index in [1.165, 1.54) is 58.4 Å². The van der Waals surface area contributed by atoms with Gasteiger partial charge in [-0.1, -0.05) is 6.92 Å². The van der Waals surface area contributed by atoms with Crippen molar-refractivity contribution in [2.24, 2.45) is 0 Å². The van der Waals surface area contributed by atoms with Gasteiger partial charge in [0.15, 0.2) is 0 Å². The second kappa shape index (κ2) is 5.99. The summed E-state index contributed by atoms with van der Waals surface area (Å²) in [4.78, 5) is 5.28. The van der Waals surface area contributed by atoms with Gasteiger partial charge in [-0.05, 0) is 52.4 Å². The Hall–Kier alpha value is -0.120. The van der Waals surface area contributed by atoms with Crippen LogP contribution in [0.25, 0.3) is 0 Å². The molecule has 2 fully saturated rings. The average molecular weight is 225 g/mol. The molecule has 1 N–H and O–H groups in total. The summed E-state index contributed by atoms with van der Waals surface area (Å²) in [6.45, 7) is 8.61. The molecule has 0 saturated carbocycles. The number of likely N-dealkylation sites (tertiary alicyclic amines) is 1. The monoisotopic (exact) mass is 225 g/mol. The van der Waals surface area contributed by atoms with Crippen LogP contribution < -0.4 is 5.32 Å². The van der Waals surface area contributed by atoms with Crippen LogP contribution in [0.1, 0.15) is 32.6 Å². The topological polar surface area (TPSA) is 18.5 Å². The maximum Gasteiger partial charge on any atom is 0.0345 e. The highest BCUT2D eigenvalue weighted by Crippen LogP contribution is 2.19. The first kappa shape index (κ1) is 12.3. The molecule has 2 aliphatic rings. The van der Waals surface area contributed by atoms with Crippen LogP contribution in [0.5, 0.6) is 0 Å². The number of likely N-dealkylation sites (N-methyl/N-ethyl adjacent to an activating group) is 1. The molecule has 2 heterocycles. The van der Waals surface area contributed by atoms with Crippen molar-refractivity contribution in [2.45, 2.75) is 44.7 Å². The molecule has 0 aromatic carbocycles. The Balaban J connectivity index is 1.78. The van der Waals surface area contributed by atoms with Crippen LogP contribution in [0.4, 0.5) is 0 Å². The summed E-state index contributed by atoms with van der Waals surface area (Å²) in [6.07, 6.45) is 5.45. The van der Waals surface area contributed by atoms with E-state index < -0.39 is 0 Å². The average Bonchev–Trinajstić information content (AvgIpc) is 2.41. The fourth-order valence-electron chi connectivity index (χ4n) is 2.94. The molecule has 3 nitrogen and oxygen atoms in total. The van der Waals surface area contributed by atoms with Gasteiger partial charge >= 0.3 is 0 Å². The van der Waals surface area contributed by atoms with E-state index in [2.05, 4.69) is 29.1 Å². The molecular weight excluding hydrogens is 198 g/mol. The predicted molar refractivity (Wildman–Crippen MR) is 68.8 cm³/mol. The summed E-state index contributed by atoms with van der Waals surface area (Å²) in [5.74, 6) is 0. The Bertz CT molecular complexity index is 203. The maximum atomic E-state index is 3.37. The quantitative estimate of drug-likeness (QED) is 0.774. The first-order chi connectivity index (χ1) is 7.81. The Kier molecular flexibility index (Phi) is 4.62. The fraction of sp³-hybridized carbons (Fsp3) is 1.00. The van der Waals surface area contributed by atoms with Gasteiger partial charge in [-0.15, -0.1) is 0 Å². The molecule has 0 aliphatic carbocycles. The molecule has 1 atom stereocenters. The van der Waals surface area contributed by atoms with Gasteiger partial charge in [0.25, 0.3) is 0 Å². The summed E-state index contributed by atoms with van der Waals surface area (Å²) in [6, 6.07) is 1.64. The van der Waals surface area contributed by atoms with E-state index >= 15 is 0 Å². The second-order valence-electron chi connectivity index (χ2n) is 5.40. The van der Waals surface area contributed by atoms with Gasteiger partial charge < -0.3 is 10.2 Å². The standard InChI is InChI=1S/C13H27N3/c1-3-7-16-8-4-5-12(6-9-16)15(2)13-10-14-11-13/h12-14H,3-11H2,1-2H3. The molecular formula is C13H27N3. The molecule has 16 heavy (non-hydrogen) atoms. The van der Waals surface area contributed by atoms with Gasteiger partial charge in [-0.3, -0.25) is 4.90 Å². The first-order valence-corrected chi connectivity index (χ1v) is 6.96. The Morgan fingerprint density at radius 1 is 1.19 bits per heavy atom. The molecule has 3 heteroatoms. The zero-order valence-electron chi connectivity index (χ0n) is 10.9. The molecule has 0 aromatic rings. The van der Waals surface area contributed by atoms with E-state index in [-0.39, 0.29) is 0 Å². The van der Waals surface area contributed by atoms with Crippen LogP contribution in [0.3, 0.4) is 0 Å². The predicted octanol–water partition coefficient (Wildman–Crippen LogP) is 1.15. The lowest BCUT2D eigenvalue weighted by Gasteiger charge is -2.40. The molecule has 0 amide bonds. The fourth-order valence-corrected chi connectivity index (χ4v) is 2.94. The van der Waals surface area contributed by atoms with Crippen molar-refractivity contribution in [1.29, 1.82) is 0 Å². The molecule has 2 rings (SSSR count). The van der Waals surface area contributed by atoms with Gasteiger partial charge in [-0.2, -0.15) is 0 Å². The summed E-state index contributed by atoms with van der Waals surface area (Å²) < 4.78 is 0. The number of rotatable bonds is 4. The molecule has 2 aliphatic heterocycles. The SMILES string of the molecule is CCCN1CCCC(N(C)C2CNC2)CC1. The van der Waals surface area contributed by atoms with Gasteiger partial charge in [-0.25, -0.2) is 0 Å². The van der Waals surface area contributed by atoms with Gasteiger partial charge in [0, 0.05) is 25.2 Å². The highest BCUT2D eigenvalue weighted by molar-refractivity contribution is 4.87. The zero-order chi connectivity index (χ0) is 11.4. The van der Waals surface area contributed by atoms with Crippen LogP contribution >= 0.6 is 0 Å². The van der Waals surface area contributed by atoms with E-state index in [9.17, 15) is 0 Å². The molecule has 0 spiro atoms. The van der Waals surface area contributed by atoms with Crippen LogP contribution in [0, 0.1) is 0 Å². The highest BCUT2D eigenvalue weighted by Gasteiger charge is 2.28. The highest BCUT2D eigenvalue weighted by atomic mass is 15.2. The maximum absolute atomic E-state index is 3.37. The number of nitrogens with one attached hydrogen (secondary N) is 1. The number of hydrogen-bond donors (Lipinski definition) is 1. The van der Waals surface area contributed by atoms with Gasteiger partial charge in [0.1, 0.15) is 0 Å². The number of hydrogen-bond acceptors (Lipinski definition) is 3. The molecule has 0 radical (unpaired) electrons. The van der Waals surface area contributed by atoms with Crippen molar-refractivity contribution in [1.82, 2.24) is 15.1 Å². The van der Waals surface area contributed by atoms with E-state index in [0.29, 0.717) is 0 Å². The molecule has 0 bridgehead atoms. The molecule has 94 valence electrons. The minimum atomic E-state index is 0.808. The smallest absolute Gasteiger partial charge is 0.0345 e. The molecule has 2 saturated heterocycles. The Morgan fingerprint density at radius 2 is 2.00 bits per heavy atom. The van der Waals surface area contributed by atoms with E-state index in [0.717, 1.165) is 12.1 Å². The number of nitrogens with zero attached hydrogens (tertiary/aromatic N) is 2. The lowest BCUT2D eigenvalue weighted by molar-refractivity contribution is 0.116. The van der Waals surface area contributed by atoms with Crippen LogP contribution in [-0.4, -0.2) is 61.7 Å². The van der Waals surface area contributed by atoms with Crippen molar-refractivity contribution in [3.8, 4) is 0 Å². The molecule has 1 unspecified atom stereocenters. The Labute approximate surface area is 100 Å². The van der Waals surface area contributed by atoms with Gasteiger partial charge in [0.05, 0.1) is 0 Å². The third-order valence-corrected chi connectivity index (χ3v) is 4.24. The van der Waals surface area contributed by atoms with Crippen LogP contribution in [-0.2, 0) is 0 Å². The van der Waals surface area contributed by atoms with E-state index in [1.54, 1.807) is 0 Å². The third kappa shape index (κ3) is 2.96. The van der Waals surface area contributed by atoms with Crippen molar-refractivity contribution >= 4 is 0 Å². The van der Waals surface area contributed by atoms with Crippen molar-refractivity contribution in [2.75, 3.05) is 39.8 Å². The second-order valence-corrected chi connectivity index (χ2v) is 5.40. The van der Waals surface area contributed by atoms with Crippen molar-refractivity contribution in [3.05, 3.63) is 0 Å². The van der Waals surface area contributed by atoms with E-state index in [4.69, 9.17) is 0 Å². The normalized spacial score (nSPS) is 29.1. The summed E-state index contributed by atoms with van der Waals surface area (Å²) in [5.41, 5.74) is 0. The first-order valence-electron chi connectivity index (χ1n) is 6.96.